The smallest absolute Gasteiger partial charge is 0.148 e. The molecule has 7 heteroatoms. The van der Waals surface area contributed by atoms with Gasteiger partial charge in [-0.15, -0.1) is 0 Å². The van der Waals surface area contributed by atoms with Crippen molar-refractivity contribution < 1.29 is 4.39 Å². The van der Waals surface area contributed by atoms with E-state index in [1.807, 2.05) is 13.8 Å². The average Bonchev–Trinajstić information content (AvgIpc) is 3.05. The van der Waals surface area contributed by atoms with Crippen molar-refractivity contribution in [2.75, 3.05) is 5.32 Å². The second-order valence-electron chi connectivity index (χ2n) is 4.78. The predicted octanol–water partition coefficient (Wildman–Crippen LogP) is 2.81. The molecule has 0 aliphatic rings. The summed E-state index contributed by atoms with van der Waals surface area (Å²) in [6, 6.07) is 4.81. The van der Waals surface area contributed by atoms with Gasteiger partial charge in [-0.25, -0.2) is 24.0 Å². The molecule has 0 saturated carbocycles. The van der Waals surface area contributed by atoms with Crippen molar-refractivity contribution in [3.8, 4) is 5.69 Å². The van der Waals surface area contributed by atoms with Crippen molar-refractivity contribution in [3.05, 3.63) is 54.3 Å². The Morgan fingerprint density at radius 1 is 1.23 bits per heavy atom. The number of nitrogens with zero attached hydrogens (tertiary/aromatic N) is 5. The molecule has 0 fully saturated rings. The van der Waals surface area contributed by atoms with Gasteiger partial charge in [0.25, 0.3) is 0 Å². The van der Waals surface area contributed by atoms with Crippen LogP contribution in [0.15, 0.2) is 37.2 Å². The zero-order valence-corrected chi connectivity index (χ0v) is 12.3. The normalized spacial score (nSPS) is 10.7. The van der Waals surface area contributed by atoms with Gasteiger partial charge in [0, 0.05) is 17.3 Å². The molecule has 1 aromatic carbocycles. The molecule has 0 amide bonds. The van der Waals surface area contributed by atoms with Crippen molar-refractivity contribution in [3.63, 3.8) is 0 Å². The third-order valence-electron chi connectivity index (χ3n) is 3.41. The number of hydrogen-bond acceptors (Lipinski definition) is 5. The van der Waals surface area contributed by atoms with Crippen LogP contribution in [0, 0.1) is 12.7 Å². The first kappa shape index (κ1) is 14.1. The fraction of sp³-hybridized carbons (Fsp3) is 0.200. The number of halogens is 1. The van der Waals surface area contributed by atoms with Crippen LogP contribution in [-0.2, 0) is 6.42 Å². The SMILES string of the molecule is CCc1ncnc(Nc2ccc(-n3cncn3)cc2F)c1C. The Hall–Kier alpha value is -2.83. The van der Waals surface area contributed by atoms with Crippen LogP contribution in [0.25, 0.3) is 5.69 Å². The molecule has 3 rings (SSSR count). The highest BCUT2D eigenvalue weighted by atomic mass is 19.1. The molecule has 0 aliphatic carbocycles. The van der Waals surface area contributed by atoms with Crippen LogP contribution < -0.4 is 5.32 Å². The maximum atomic E-state index is 14.3. The lowest BCUT2D eigenvalue weighted by Crippen LogP contribution is -2.04. The Labute approximate surface area is 127 Å². The number of aryl methyl sites for hydroxylation is 1. The molecule has 3 aromatic rings. The molecule has 2 aromatic heterocycles. The van der Waals surface area contributed by atoms with E-state index in [4.69, 9.17) is 0 Å². The van der Waals surface area contributed by atoms with Gasteiger partial charge in [0.05, 0.1) is 11.4 Å². The minimum atomic E-state index is -0.385. The zero-order valence-electron chi connectivity index (χ0n) is 12.3. The Kier molecular flexibility index (Phi) is 3.78. The van der Waals surface area contributed by atoms with E-state index < -0.39 is 0 Å². The lowest BCUT2D eigenvalue weighted by Gasteiger charge is -2.12. The predicted molar refractivity (Wildman–Crippen MR) is 80.7 cm³/mol. The quantitative estimate of drug-likeness (QED) is 0.802. The topological polar surface area (TPSA) is 68.5 Å². The molecule has 0 saturated heterocycles. The monoisotopic (exact) mass is 298 g/mol. The van der Waals surface area contributed by atoms with Gasteiger partial charge in [-0.2, -0.15) is 5.10 Å². The molecular formula is C15H15FN6. The second kappa shape index (κ2) is 5.88. The highest BCUT2D eigenvalue weighted by molar-refractivity contribution is 5.61. The first-order valence-corrected chi connectivity index (χ1v) is 6.91. The highest BCUT2D eigenvalue weighted by Crippen LogP contribution is 2.23. The number of aromatic nitrogens is 5. The van der Waals surface area contributed by atoms with Crippen LogP contribution in [0.4, 0.5) is 15.9 Å². The van der Waals surface area contributed by atoms with E-state index >= 15 is 0 Å². The van der Waals surface area contributed by atoms with E-state index in [1.54, 1.807) is 12.1 Å². The number of nitrogens with one attached hydrogen (secondary N) is 1. The molecular weight excluding hydrogens is 283 g/mol. The largest absolute Gasteiger partial charge is 0.338 e. The maximum absolute atomic E-state index is 14.3. The summed E-state index contributed by atoms with van der Waals surface area (Å²) < 4.78 is 15.8. The fourth-order valence-electron chi connectivity index (χ4n) is 2.19. The van der Waals surface area contributed by atoms with Gasteiger partial charge in [0.1, 0.15) is 30.6 Å². The maximum Gasteiger partial charge on any atom is 0.148 e. The molecule has 6 nitrogen and oxygen atoms in total. The van der Waals surface area contributed by atoms with Crippen LogP contribution >= 0.6 is 0 Å². The molecule has 1 N–H and O–H groups in total. The Balaban J connectivity index is 1.90. The third kappa shape index (κ3) is 2.65. The van der Waals surface area contributed by atoms with Gasteiger partial charge >= 0.3 is 0 Å². The molecule has 0 spiro atoms. The summed E-state index contributed by atoms with van der Waals surface area (Å²) in [6.07, 6.45) is 5.21. The van der Waals surface area contributed by atoms with Gasteiger partial charge in [0.15, 0.2) is 0 Å². The van der Waals surface area contributed by atoms with Gasteiger partial charge < -0.3 is 5.32 Å². The Morgan fingerprint density at radius 3 is 2.77 bits per heavy atom. The minimum Gasteiger partial charge on any atom is -0.338 e. The molecule has 22 heavy (non-hydrogen) atoms. The fourth-order valence-corrected chi connectivity index (χ4v) is 2.19. The lowest BCUT2D eigenvalue weighted by molar-refractivity contribution is 0.629. The minimum absolute atomic E-state index is 0.354. The molecule has 0 bridgehead atoms. The van der Waals surface area contributed by atoms with Crippen LogP contribution in [-0.4, -0.2) is 24.7 Å². The zero-order chi connectivity index (χ0) is 15.5. The highest BCUT2D eigenvalue weighted by Gasteiger charge is 2.10. The van der Waals surface area contributed by atoms with Gasteiger partial charge in [-0.05, 0) is 25.5 Å². The summed E-state index contributed by atoms with van der Waals surface area (Å²) >= 11 is 0. The summed E-state index contributed by atoms with van der Waals surface area (Å²) in [5.74, 6) is 0.225. The van der Waals surface area contributed by atoms with Crippen LogP contribution in [0.2, 0.25) is 0 Å². The first-order valence-electron chi connectivity index (χ1n) is 6.91. The number of hydrogen-bond donors (Lipinski definition) is 1. The van der Waals surface area contributed by atoms with Crippen molar-refractivity contribution in [2.24, 2.45) is 0 Å². The average molecular weight is 298 g/mol. The van der Waals surface area contributed by atoms with Crippen molar-refractivity contribution in [1.29, 1.82) is 0 Å². The van der Waals surface area contributed by atoms with E-state index in [1.165, 1.54) is 29.7 Å². The summed E-state index contributed by atoms with van der Waals surface area (Å²) in [5.41, 5.74) is 2.82. The van der Waals surface area contributed by atoms with E-state index in [0.717, 1.165) is 17.7 Å². The number of benzene rings is 1. The molecule has 0 unspecified atom stereocenters. The van der Waals surface area contributed by atoms with Crippen molar-refractivity contribution in [1.82, 2.24) is 24.7 Å². The third-order valence-corrected chi connectivity index (χ3v) is 3.41. The van der Waals surface area contributed by atoms with Gasteiger partial charge in [-0.3, -0.25) is 0 Å². The summed E-state index contributed by atoms with van der Waals surface area (Å²) in [7, 11) is 0. The van der Waals surface area contributed by atoms with Crippen LogP contribution in [0.3, 0.4) is 0 Å². The molecule has 0 atom stereocenters. The summed E-state index contributed by atoms with van der Waals surface area (Å²) in [5, 5.41) is 6.99. The van der Waals surface area contributed by atoms with Crippen LogP contribution in [0.1, 0.15) is 18.2 Å². The molecule has 112 valence electrons. The lowest BCUT2D eigenvalue weighted by atomic mass is 10.2. The summed E-state index contributed by atoms with van der Waals surface area (Å²) in [4.78, 5) is 12.2. The van der Waals surface area contributed by atoms with Gasteiger partial charge in [-0.1, -0.05) is 6.92 Å². The molecule has 2 heterocycles. The molecule has 0 radical (unpaired) electrons. The second-order valence-corrected chi connectivity index (χ2v) is 4.78. The Morgan fingerprint density at radius 2 is 2.09 bits per heavy atom. The van der Waals surface area contributed by atoms with Crippen molar-refractivity contribution >= 4 is 11.5 Å². The van der Waals surface area contributed by atoms with E-state index in [9.17, 15) is 4.39 Å². The van der Waals surface area contributed by atoms with E-state index in [2.05, 4.69) is 25.4 Å². The standard InChI is InChI=1S/C15H15FN6/c1-3-13-10(2)15(19-8-18-13)21-14-5-4-11(6-12(14)16)22-9-17-7-20-22/h4-9H,3H2,1-2H3,(H,18,19,21). The number of anilines is 2. The van der Waals surface area contributed by atoms with Crippen molar-refractivity contribution in [2.45, 2.75) is 20.3 Å². The van der Waals surface area contributed by atoms with E-state index in [0.29, 0.717) is 17.2 Å². The van der Waals surface area contributed by atoms with Crippen LogP contribution in [0.5, 0.6) is 0 Å². The number of rotatable bonds is 4. The Bertz CT molecular complexity index is 785. The van der Waals surface area contributed by atoms with E-state index in [-0.39, 0.29) is 5.82 Å². The molecule has 0 aliphatic heterocycles. The summed E-state index contributed by atoms with van der Waals surface area (Å²) in [6.45, 7) is 3.94. The van der Waals surface area contributed by atoms with Gasteiger partial charge in [0.2, 0.25) is 0 Å². The first-order chi connectivity index (χ1) is 10.7.